The third kappa shape index (κ3) is 3.86. The zero-order chi connectivity index (χ0) is 19.5. The first-order valence-electron chi connectivity index (χ1n) is 9.36. The first-order chi connectivity index (χ1) is 13.7. The first-order valence-corrected chi connectivity index (χ1v) is 11.1. The summed E-state index contributed by atoms with van der Waals surface area (Å²) in [6.45, 7) is 2.74. The third-order valence-electron chi connectivity index (χ3n) is 4.94. The van der Waals surface area contributed by atoms with Crippen LogP contribution in [0.1, 0.15) is 35.0 Å². The van der Waals surface area contributed by atoms with Crippen LogP contribution in [0, 0.1) is 0 Å². The van der Waals surface area contributed by atoms with E-state index in [1.807, 2.05) is 16.8 Å². The van der Waals surface area contributed by atoms with Crippen LogP contribution in [-0.2, 0) is 11.2 Å². The fourth-order valence-corrected chi connectivity index (χ4v) is 4.79. The number of benzene rings is 1. The second kappa shape index (κ2) is 8.24. The van der Waals surface area contributed by atoms with Crippen molar-refractivity contribution in [2.45, 2.75) is 32.2 Å². The van der Waals surface area contributed by atoms with E-state index in [9.17, 15) is 9.59 Å². The number of amides is 2. The lowest BCUT2D eigenvalue weighted by Crippen LogP contribution is -2.42. The van der Waals surface area contributed by atoms with Crippen LogP contribution < -0.4 is 5.32 Å². The van der Waals surface area contributed by atoms with Gasteiger partial charge in [0.25, 0.3) is 5.91 Å². The van der Waals surface area contributed by atoms with Crippen molar-refractivity contribution in [3.8, 4) is 11.3 Å². The van der Waals surface area contributed by atoms with E-state index < -0.39 is 6.04 Å². The van der Waals surface area contributed by atoms with Crippen molar-refractivity contribution in [1.29, 1.82) is 0 Å². The van der Waals surface area contributed by atoms with Crippen molar-refractivity contribution in [2.75, 3.05) is 11.9 Å². The molecule has 0 radical (unpaired) electrons. The van der Waals surface area contributed by atoms with Gasteiger partial charge in [-0.05, 0) is 36.3 Å². The summed E-state index contributed by atoms with van der Waals surface area (Å²) in [5.41, 5.74) is 3.16. The molecule has 28 heavy (non-hydrogen) atoms. The Morgan fingerprint density at radius 2 is 2.04 bits per heavy atom. The normalized spacial score (nSPS) is 16.3. The largest absolute Gasteiger partial charge is 0.326 e. The Bertz CT molecular complexity index is 964. The number of aromatic nitrogens is 1. The second-order valence-corrected chi connectivity index (χ2v) is 8.52. The summed E-state index contributed by atoms with van der Waals surface area (Å²) in [5.74, 6) is -0.229. The zero-order valence-corrected chi connectivity index (χ0v) is 17.2. The van der Waals surface area contributed by atoms with E-state index in [1.165, 1.54) is 28.2 Å². The zero-order valence-electron chi connectivity index (χ0n) is 15.6. The minimum absolute atomic E-state index is 0.0662. The van der Waals surface area contributed by atoms with Gasteiger partial charge in [-0.3, -0.25) is 9.59 Å². The molecule has 1 saturated heterocycles. The van der Waals surface area contributed by atoms with Gasteiger partial charge in [-0.15, -0.1) is 22.7 Å². The van der Waals surface area contributed by atoms with Gasteiger partial charge in [0, 0.05) is 17.5 Å². The molecular formula is C21H21N3O2S2. The summed E-state index contributed by atoms with van der Waals surface area (Å²) >= 11 is 2.81. The Balaban J connectivity index is 1.44. The number of rotatable bonds is 5. The highest BCUT2D eigenvalue weighted by Crippen LogP contribution is 2.27. The SMILES string of the molecule is CCc1ccc(-c2csc(NC(=O)[C@@H]3CCCN3C(=O)c3cccs3)n2)cc1. The Labute approximate surface area is 172 Å². The quantitative estimate of drug-likeness (QED) is 0.663. The Kier molecular flexibility index (Phi) is 5.54. The van der Waals surface area contributed by atoms with Crippen LogP contribution in [0.4, 0.5) is 5.13 Å². The molecule has 7 heteroatoms. The minimum Gasteiger partial charge on any atom is -0.326 e. The lowest BCUT2D eigenvalue weighted by atomic mass is 10.1. The van der Waals surface area contributed by atoms with Crippen molar-refractivity contribution in [3.63, 3.8) is 0 Å². The molecule has 1 aromatic carbocycles. The first kappa shape index (κ1) is 18.8. The molecule has 3 aromatic rings. The maximum absolute atomic E-state index is 12.8. The summed E-state index contributed by atoms with van der Waals surface area (Å²) in [6, 6.07) is 11.5. The van der Waals surface area contributed by atoms with Crippen LogP contribution >= 0.6 is 22.7 Å². The molecule has 0 unspecified atom stereocenters. The molecule has 1 fully saturated rings. The van der Waals surface area contributed by atoms with Crippen LogP contribution in [0.3, 0.4) is 0 Å². The molecule has 2 amide bonds. The number of carbonyl (C=O) groups is 2. The lowest BCUT2D eigenvalue weighted by Gasteiger charge is -2.22. The van der Waals surface area contributed by atoms with Gasteiger partial charge in [-0.1, -0.05) is 37.3 Å². The molecular weight excluding hydrogens is 390 g/mol. The molecule has 4 rings (SSSR count). The molecule has 0 saturated carbocycles. The standard InChI is InChI=1S/C21H21N3O2S2/c1-2-14-7-9-15(10-8-14)16-13-28-21(22-16)23-19(25)17-5-3-11-24(17)20(26)18-6-4-12-27-18/h4,6-10,12-13,17H,2-3,5,11H2,1H3,(H,22,23,25)/t17-/m0/s1. The van der Waals surface area contributed by atoms with Gasteiger partial charge < -0.3 is 10.2 Å². The smallest absolute Gasteiger partial charge is 0.264 e. The molecule has 0 spiro atoms. The molecule has 0 bridgehead atoms. The fourth-order valence-electron chi connectivity index (χ4n) is 3.39. The molecule has 1 N–H and O–H groups in total. The van der Waals surface area contributed by atoms with Crippen LogP contribution in [0.5, 0.6) is 0 Å². The van der Waals surface area contributed by atoms with Gasteiger partial charge in [-0.25, -0.2) is 4.98 Å². The lowest BCUT2D eigenvalue weighted by molar-refractivity contribution is -0.119. The molecule has 0 aliphatic carbocycles. The molecule has 1 aliphatic rings. The highest BCUT2D eigenvalue weighted by molar-refractivity contribution is 7.14. The van der Waals surface area contributed by atoms with Gasteiger partial charge in [0.15, 0.2) is 5.13 Å². The number of nitrogens with one attached hydrogen (secondary N) is 1. The van der Waals surface area contributed by atoms with Crippen molar-refractivity contribution >= 4 is 39.6 Å². The molecule has 3 heterocycles. The maximum Gasteiger partial charge on any atom is 0.264 e. The van der Waals surface area contributed by atoms with E-state index in [2.05, 4.69) is 41.5 Å². The van der Waals surface area contributed by atoms with E-state index in [1.54, 1.807) is 11.0 Å². The van der Waals surface area contributed by atoms with E-state index in [4.69, 9.17) is 0 Å². The van der Waals surface area contributed by atoms with E-state index in [-0.39, 0.29) is 11.8 Å². The Morgan fingerprint density at radius 1 is 1.21 bits per heavy atom. The summed E-state index contributed by atoms with van der Waals surface area (Å²) < 4.78 is 0. The Morgan fingerprint density at radius 3 is 2.75 bits per heavy atom. The maximum atomic E-state index is 12.8. The number of thiophene rings is 1. The summed E-state index contributed by atoms with van der Waals surface area (Å²) in [5, 5.41) is 7.29. The van der Waals surface area contributed by atoms with Crippen LogP contribution in [-0.4, -0.2) is 34.3 Å². The molecule has 1 aliphatic heterocycles. The van der Waals surface area contributed by atoms with Crippen LogP contribution in [0.2, 0.25) is 0 Å². The average Bonchev–Trinajstić information content (AvgIpc) is 3.48. The average molecular weight is 412 g/mol. The third-order valence-corrected chi connectivity index (χ3v) is 6.56. The topological polar surface area (TPSA) is 62.3 Å². The van der Waals surface area contributed by atoms with E-state index >= 15 is 0 Å². The number of hydrogen-bond donors (Lipinski definition) is 1. The van der Waals surface area contributed by atoms with Crippen molar-refractivity contribution in [1.82, 2.24) is 9.88 Å². The van der Waals surface area contributed by atoms with E-state index in [0.29, 0.717) is 23.0 Å². The fraction of sp³-hybridized carbons (Fsp3) is 0.286. The molecule has 144 valence electrons. The van der Waals surface area contributed by atoms with Crippen molar-refractivity contribution < 1.29 is 9.59 Å². The second-order valence-electron chi connectivity index (χ2n) is 6.71. The number of nitrogens with zero attached hydrogens (tertiary/aromatic N) is 2. The molecule has 2 aromatic heterocycles. The molecule has 1 atom stereocenters. The number of likely N-dealkylation sites (tertiary alicyclic amines) is 1. The summed E-state index contributed by atoms with van der Waals surface area (Å²) in [4.78, 5) is 32.4. The highest BCUT2D eigenvalue weighted by atomic mass is 32.1. The van der Waals surface area contributed by atoms with Crippen LogP contribution in [0.25, 0.3) is 11.3 Å². The number of hydrogen-bond acceptors (Lipinski definition) is 5. The highest BCUT2D eigenvalue weighted by Gasteiger charge is 2.35. The summed E-state index contributed by atoms with van der Waals surface area (Å²) in [6.07, 6.45) is 2.52. The van der Waals surface area contributed by atoms with Gasteiger partial charge in [-0.2, -0.15) is 0 Å². The van der Waals surface area contributed by atoms with Gasteiger partial charge in [0.1, 0.15) is 6.04 Å². The predicted octanol–water partition coefficient (Wildman–Crippen LogP) is 4.68. The molecule has 5 nitrogen and oxygen atoms in total. The number of anilines is 1. The van der Waals surface area contributed by atoms with E-state index in [0.717, 1.165) is 24.1 Å². The monoisotopic (exact) mass is 411 g/mol. The summed E-state index contributed by atoms with van der Waals surface area (Å²) in [7, 11) is 0. The number of aryl methyl sites for hydroxylation is 1. The van der Waals surface area contributed by atoms with Crippen LogP contribution in [0.15, 0.2) is 47.2 Å². The van der Waals surface area contributed by atoms with Gasteiger partial charge in [0.05, 0.1) is 10.6 Å². The predicted molar refractivity (Wildman–Crippen MR) is 114 cm³/mol. The number of thiazole rings is 1. The Hall–Kier alpha value is -2.51. The van der Waals surface area contributed by atoms with Gasteiger partial charge >= 0.3 is 0 Å². The number of carbonyl (C=O) groups excluding carboxylic acids is 2. The van der Waals surface area contributed by atoms with Crippen molar-refractivity contribution in [3.05, 3.63) is 57.6 Å². The minimum atomic E-state index is -0.439. The van der Waals surface area contributed by atoms with Gasteiger partial charge in [0.2, 0.25) is 5.91 Å². The van der Waals surface area contributed by atoms with Crippen molar-refractivity contribution in [2.24, 2.45) is 0 Å².